The van der Waals surface area contributed by atoms with E-state index in [1.165, 1.54) is 36.9 Å². The molecule has 1 aliphatic heterocycles. The number of nitrogens with zero attached hydrogens (tertiary/aromatic N) is 1. The van der Waals surface area contributed by atoms with Crippen LogP contribution < -0.4 is 0 Å². The molecule has 0 radical (unpaired) electrons. The summed E-state index contributed by atoms with van der Waals surface area (Å²) >= 11 is 0. The molecule has 2 aliphatic rings. The predicted octanol–water partition coefficient (Wildman–Crippen LogP) is 3.33. The largest absolute Gasteiger partial charge is 0.508 e. The van der Waals surface area contributed by atoms with E-state index in [4.69, 9.17) is 0 Å². The van der Waals surface area contributed by atoms with Crippen molar-refractivity contribution in [1.82, 2.24) is 4.90 Å². The summed E-state index contributed by atoms with van der Waals surface area (Å²) in [5, 5.41) is 9.90. The van der Waals surface area contributed by atoms with Gasteiger partial charge in [-0.25, -0.2) is 0 Å². The second-order valence-corrected chi connectivity index (χ2v) is 6.37. The first-order valence-electron chi connectivity index (χ1n) is 7.65. The van der Waals surface area contributed by atoms with E-state index in [1.807, 2.05) is 12.1 Å². The van der Waals surface area contributed by atoms with Crippen LogP contribution >= 0.6 is 0 Å². The lowest BCUT2D eigenvalue weighted by Crippen LogP contribution is -2.58. The molecular formula is C17H25NO. The van der Waals surface area contributed by atoms with E-state index in [1.54, 1.807) is 0 Å². The van der Waals surface area contributed by atoms with Crippen LogP contribution in [0.25, 0.3) is 0 Å². The average molecular weight is 259 g/mol. The molecule has 1 fully saturated rings. The molecule has 2 heteroatoms. The predicted molar refractivity (Wildman–Crippen MR) is 78.6 cm³/mol. The maximum absolute atomic E-state index is 9.90. The molecule has 3 atom stereocenters. The minimum absolute atomic E-state index is 0.290. The third-order valence-corrected chi connectivity index (χ3v) is 5.78. The van der Waals surface area contributed by atoms with Crippen LogP contribution in [0.1, 0.15) is 44.2 Å². The standard InChI is InChI=1S/C17H25NO/c1-4-14-16-10-12-6-7-13(19)11-15(12)17(14,5-2)8-9-18(16)3/h6-7,11,14,16,19H,4-5,8-10H2,1-3H3/t14-,16+,17+/m0/s1. The van der Waals surface area contributed by atoms with Gasteiger partial charge in [-0.05, 0) is 62.0 Å². The summed E-state index contributed by atoms with van der Waals surface area (Å²) in [4.78, 5) is 2.55. The summed E-state index contributed by atoms with van der Waals surface area (Å²) in [5.74, 6) is 1.16. The molecule has 1 N–H and O–H groups in total. The fraction of sp³-hybridized carbons (Fsp3) is 0.647. The lowest BCUT2D eigenvalue weighted by Gasteiger charge is -2.56. The van der Waals surface area contributed by atoms with E-state index in [9.17, 15) is 5.11 Å². The Hall–Kier alpha value is -1.02. The van der Waals surface area contributed by atoms with E-state index in [2.05, 4.69) is 31.9 Å². The zero-order valence-corrected chi connectivity index (χ0v) is 12.3. The smallest absolute Gasteiger partial charge is 0.115 e. The molecule has 1 aromatic rings. The molecule has 0 spiro atoms. The van der Waals surface area contributed by atoms with Crippen molar-refractivity contribution in [2.45, 2.75) is 51.0 Å². The van der Waals surface area contributed by atoms with Crippen molar-refractivity contribution in [3.8, 4) is 5.75 Å². The number of hydrogen-bond acceptors (Lipinski definition) is 2. The van der Waals surface area contributed by atoms with Crippen LogP contribution in [0, 0.1) is 5.92 Å². The summed E-state index contributed by atoms with van der Waals surface area (Å²) in [6, 6.07) is 6.72. The Balaban J connectivity index is 2.18. The molecule has 2 bridgehead atoms. The van der Waals surface area contributed by atoms with Crippen LogP contribution in [-0.2, 0) is 11.8 Å². The molecule has 3 rings (SSSR count). The highest BCUT2D eigenvalue weighted by Gasteiger charge is 2.50. The van der Waals surface area contributed by atoms with Gasteiger partial charge >= 0.3 is 0 Å². The molecule has 1 saturated heterocycles. The van der Waals surface area contributed by atoms with Crippen molar-refractivity contribution in [3.63, 3.8) is 0 Å². The first-order valence-corrected chi connectivity index (χ1v) is 7.65. The molecule has 0 saturated carbocycles. The Labute approximate surface area is 116 Å². The first-order chi connectivity index (χ1) is 9.12. The maximum Gasteiger partial charge on any atom is 0.115 e. The summed E-state index contributed by atoms with van der Waals surface area (Å²) in [6.07, 6.45) is 4.79. The zero-order valence-electron chi connectivity index (χ0n) is 12.3. The monoisotopic (exact) mass is 259 g/mol. The molecule has 0 unspecified atom stereocenters. The van der Waals surface area contributed by atoms with Crippen LogP contribution in [0.5, 0.6) is 5.75 Å². The third kappa shape index (κ3) is 1.73. The van der Waals surface area contributed by atoms with Crippen LogP contribution in [0.4, 0.5) is 0 Å². The highest BCUT2D eigenvalue weighted by atomic mass is 16.3. The Morgan fingerprint density at radius 3 is 2.84 bits per heavy atom. The highest BCUT2D eigenvalue weighted by molar-refractivity contribution is 5.44. The first kappa shape index (κ1) is 13.0. The normalized spacial score (nSPS) is 34.1. The van der Waals surface area contributed by atoms with Crippen molar-refractivity contribution in [3.05, 3.63) is 29.3 Å². The molecule has 0 aromatic heterocycles. The van der Waals surface area contributed by atoms with E-state index in [-0.39, 0.29) is 5.41 Å². The second-order valence-electron chi connectivity index (χ2n) is 6.37. The lowest BCUT2D eigenvalue weighted by molar-refractivity contribution is 0.0257. The molecule has 1 aromatic carbocycles. The van der Waals surface area contributed by atoms with E-state index < -0.39 is 0 Å². The van der Waals surface area contributed by atoms with Crippen molar-refractivity contribution >= 4 is 0 Å². The minimum atomic E-state index is 0.290. The molecule has 1 heterocycles. The summed E-state index contributed by atoms with van der Waals surface area (Å²) in [6.45, 7) is 5.84. The van der Waals surface area contributed by atoms with Crippen molar-refractivity contribution in [2.75, 3.05) is 13.6 Å². The van der Waals surface area contributed by atoms with Gasteiger partial charge < -0.3 is 10.0 Å². The van der Waals surface area contributed by atoms with Crippen LogP contribution in [0.3, 0.4) is 0 Å². The lowest BCUT2D eigenvalue weighted by atomic mass is 9.55. The average Bonchev–Trinajstić information content (AvgIpc) is 2.42. The molecule has 2 nitrogen and oxygen atoms in total. The number of fused-ring (bicyclic) bond motifs is 4. The van der Waals surface area contributed by atoms with Crippen LogP contribution in [0.2, 0.25) is 0 Å². The number of rotatable bonds is 2. The Morgan fingerprint density at radius 1 is 1.37 bits per heavy atom. The number of likely N-dealkylation sites (tertiary alicyclic amines) is 1. The van der Waals surface area contributed by atoms with E-state index in [0.717, 1.165) is 12.3 Å². The summed E-state index contributed by atoms with van der Waals surface area (Å²) < 4.78 is 0. The van der Waals surface area contributed by atoms with E-state index >= 15 is 0 Å². The fourth-order valence-corrected chi connectivity index (χ4v) is 4.76. The summed E-state index contributed by atoms with van der Waals surface area (Å²) in [7, 11) is 2.28. The number of piperidine rings is 1. The van der Waals surface area contributed by atoms with Gasteiger partial charge in [0, 0.05) is 11.5 Å². The number of phenolic OH excluding ortho intramolecular Hbond substituents is 1. The topological polar surface area (TPSA) is 23.5 Å². The minimum Gasteiger partial charge on any atom is -0.508 e. The Kier molecular flexibility index (Phi) is 3.09. The van der Waals surface area contributed by atoms with Gasteiger partial charge in [-0.3, -0.25) is 0 Å². The van der Waals surface area contributed by atoms with Gasteiger partial charge in [0.25, 0.3) is 0 Å². The molecule has 1 aliphatic carbocycles. The number of benzene rings is 1. The molecule has 19 heavy (non-hydrogen) atoms. The van der Waals surface area contributed by atoms with Gasteiger partial charge in [0.05, 0.1) is 0 Å². The van der Waals surface area contributed by atoms with Crippen molar-refractivity contribution < 1.29 is 5.11 Å². The SMILES string of the molecule is CC[C@H]1[C@H]2Cc3ccc(O)cc3[C@]1(CC)CCN2C. The van der Waals surface area contributed by atoms with Gasteiger partial charge in [0.1, 0.15) is 5.75 Å². The van der Waals surface area contributed by atoms with Crippen molar-refractivity contribution in [2.24, 2.45) is 5.92 Å². The highest BCUT2D eigenvalue weighted by Crippen LogP contribution is 2.52. The van der Waals surface area contributed by atoms with Gasteiger partial charge in [-0.1, -0.05) is 26.3 Å². The van der Waals surface area contributed by atoms with Gasteiger partial charge in [-0.15, -0.1) is 0 Å². The number of likely N-dealkylation sites (N-methyl/N-ethyl adjacent to an activating group) is 1. The van der Waals surface area contributed by atoms with E-state index in [0.29, 0.717) is 11.8 Å². The molecular weight excluding hydrogens is 234 g/mol. The molecule has 104 valence electrons. The maximum atomic E-state index is 9.90. The number of hydrogen-bond donors (Lipinski definition) is 1. The number of aromatic hydroxyl groups is 1. The summed E-state index contributed by atoms with van der Waals surface area (Å²) in [5.41, 5.74) is 3.19. The Morgan fingerprint density at radius 2 is 2.16 bits per heavy atom. The number of phenols is 1. The van der Waals surface area contributed by atoms with Crippen molar-refractivity contribution in [1.29, 1.82) is 0 Å². The quantitative estimate of drug-likeness (QED) is 0.880. The van der Waals surface area contributed by atoms with Crippen LogP contribution in [0.15, 0.2) is 18.2 Å². The van der Waals surface area contributed by atoms with Gasteiger partial charge in [0.2, 0.25) is 0 Å². The third-order valence-electron chi connectivity index (χ3n) is 5.78. The zero-order chi connectivity index (χ0) is 13.6. The van der Waals surface area contributed by atoms with Gasteiger partial charge in [-0.2, -0.15) is 0 Å². The second kappa shape index (κ2) is 4.52. The van der Waals surface area contributed by atoms with Crippen LogP contribution in [-0.4, -0.2) is 29.6 Å². The molecule has 0 amide bonds. The fourth-order valence-electron chi connectivity index (χ4n) is 4.76. The van der Waals surface area contributed by atoms with Gasteiger partial charge in [0.15, 0.2) is 0 Å². The Bertz CT molecular complexity index is 484.